The summed E-state index contributed by atoms with van der Waals surface area (Å²) in [5, 5.41) is 3.34. The molecule has 0 aliphatic carbocycles. The highest BCUT2D eigenvalue weighted by Gasteiger charge is 2.15. The molecule has 3 N–H and O–H groups in total. The molecule has 18 heavy (non-hydrogen) atoms. The van der Waals surface area contributed by atoms with Crippen LogP contribution in [0.1, 0.15) is 23.2 Å². The lowest BCUT2D eigenvalue weighted by molar-refractivity contribution is 0.0994. The molecule has 1 amide bonds. The zero-order valence-corrected chi connectivity index (χ0v) is 11.7. The Kier molecular flexibility index (Phi) is 4.60. The maximum absolute atomic E-state index is 11.3. The molecule has 0 saturated carbocycles. The molecule has 5 heteroatoms. The van der Waals surface area contributed by atoms with Crippen LogP contribution >= 0.6 is 15.9 Å². The van der Waals surface area contributed by atoms with Gasteiger partial charge in [-0.1, -0.05) is 15.9 Å². The fourth-order valence-electron chi connectivity index (χ4n) is 2.09. The molecule has 1 aliphatic heterocycles. The van der Waals surface area contributed by atoms with Crippen molar-refractivity contribution in [3.63, 3.8) is 0 Å². The van der Waals surface area contributed by atoms with Gasteiger partial charge in [0.15, 0.2) is 0 Å². The zero-order valence-electron chi connectivity index (χ0n) is 10.1. The number of piperidine rings is 1. The van der Waals surface area contributed by atoms with Crippen molar-refractivity contribution < 1.29 is 9.53 Å². The van der Waals surface area contributed by atoms with E-state index in [-0.39, 0.29) is 0 Å². The lowest BCUT2D eigenvalue weighted by Gasteiger charge is -2.23. The molecule has 1 aliphatic rings. The highest BCUT2D eigenvalue weighted by atomic mass is 79.9. The Balaban J connectivity index is 2.01. The minimum atomic E-state index is -0.465. The standard InChI is InChI=1S/C13H17BrN2O2/c14-10-3-4-12(11(6-10)13(15)17)18-8-9-2-1-5-16-7-9/h3-4,6,9,16H,1-2,5,7-8H2,(H2,15,17). The van der Waals surface area contributed by atoms with Crippen LogP contribution in [0.3, 0.4) is 0 Å². The van der Waals surface area contributed by atoms with Crippen molar-refractivity contribution in [3.8, 4) is 5.75 Å². The number of hydrogen-bond donors (Lipinski definition) is 2. The normalized spacial score (nSPS) is 19.5. The maximum atomic E-state index is 11.3. The van der Waals surface area contributed by atoms with Crippen LogP contribution in [-0.4, -0.2) is 25.6 Å². The summed E-state index contributed by atoms with van der Waals surface area (Å²) in [6.45, 7) is 2.68. The molecule has 98 valence electrons. The third-order valence-corrected chi connectivity index (χ3v) is 3.57. The predicted molar refractivity (Wildman–Crippen MR) is 73.7 cm³/mol. The van der Waals surface area contributed by atoms with Gasteiger partial charge in [-0.3, -0.25) is 4.79 Å². The van der Waals surface area contributed by atoms with Crippen LogP contribution in [0.4, 0.5) is 0 Å². The van der Waals surface area contributed by atoms with E-state index in [1.807, 2.05) is 6.07 Å². The van der Waals surface area contributed by atoms with Gasteiger partial charge in [0.2, 0.25) is 0 Å². The summed E-state index contributed by atoms with van der Waals surface area (Å²) in [5.74, 6) is 0.604. The Morgan fingerprint density at radius 3 is 3.06 bits per heavy atom. The molecule has 2 rings (SSSR count). The van der Waals surface area contributed by atoms with Crippen molar-refractivity contribution in [1.82, 2.24) is 5.32 Å². The smallest absolute Gasteiger partial charge is 0.252 e. The van der Waals surface area contributed by atoms with E-state index < -0.39 is 5.91 Å². The van der Waals surface area contributed by atoms with Gasteiger partial charge in [-0.25, -0.2) is 0 Å². The van der Waals surface area contributed by atoms with Crippen molar-refractivity contribution in [3.05, 3.63) is 28.2 Å². The van der Waals surface area contributed by atoms with E-state index in [0.717, 1.165) is 24.0 Å². The second-order valence-electron chi connectivity index (χ2n) is 4.53. The van der Waals surface area contributed by atoms with Gasteiger partial charge >= 0.3 is 0 Å². The number of rotatable bonds is 4. The number of halogens is 1. The molecular formula is C13H17BrN2O2. The predicted octanol–water partition coefficient (Wildman–Crippen LogP) is 1.93. The summed E-state index contributed by atoms with van der Waals surface area (Å²) in [6, 6.07) is 5.32. The Morgan fingerprint density at radius 2 is 2.39 bits per heavy atom. The summed E-state index contributed by atoms with van der Waals surface area (Å²) in [4.78, 5) is 11.3. The first-order valence-corrected chi connectivity index (χ1v) is 6.89. The zero-order chi connectivity index (χ0) is 13.0. The van der Waals surface area contributed by atoms with Crippen molar-refractivity contribution in [2.75, 3.05) is 19.7 Å². The topological polar surface area (TPSA) is 64.4 Å². The molecule has 1 heterocycles. The SMILES string of the molecule is NC(=O)c1cc(Br)ccc1OCC1CCCNC1. The molecule has 0 radical (unpaired) electrons. The lowest BCUT2D eigenvalue weighted by Crippen LogP contribution is -2.33. The highest BCUT2D eigenvalue weighted by molar-refractivity contribution is 9.10. The fraction of sp³-hybridized carbons (Fsp3) is 0.462. The number of ether oxygens (including phenoxy) is 1. The molecule has 0 bridgehead atoms. The van der Waals surface area contributed by atoms with Gasteiger partial charge in [0.25, 0.3) is 5.91 Å². The van der Waals surface area contributed by atoms with Crippen molar-refractivity contribution >= 4 is 21.8 Å². The fourth-order valence-corrected chi connectivity index (χ4v) is 2.46. The first-order chi connectivity index (χ1) is 8.66. The Hall–Kier alpha value is -1.07. The van der Waals surface area contributed by atoms with Crippen molar-refractivity contribution in [2.45, 2.75) is 12.8 Å². The Bertz CT molecular complexity index is 431. The lowest BCUT2D eigenvalue weighted by atomic mass is 10.0. The van der Waals surface area contributed by atoms with Gasteiger partial charge in [-0.2, -0.15) is 0 Å². The monoisotopic (exact) mass is 312 g/mol. The van der Waals surface area contributed by atoms with Gasteiger partial charge in [-0.05, 0) is 37.6 Å². The van der Waals surface area contributed by atoms with Crippen LogP contribution in [-0.2, 0) is 0 Å². The summed E-state index contributed by atoms with van der Waals surface area (Å²) in [7, 11) is 0. The van der Waals surface area contributed by atoms with E-state index in [4.69, 9.17) is 10.5 Å². The highest BCUT2D eigenvalue weighted by Crippen LogP contribution is 2.24. The van der Waals surface area contributed by atoms with Crippen molar-refractivity contribution in [1.29, 1.82) is 0 Å². The Labute approximate surface area is 115 Å². The number of nitrogens with one attached hydrogen (secondary N) is 1. The molecule has 1 aromatic rings. The number of hydrogen-bond acceptors (Lipinski definition) is 3. The molecule has 1 aromatic carbocycles. The summed E-state index contributed by atoms with van der Waals surface area (Å²) in [6.07, 6.45) is 2.34. The van der Waals surface area contributed by atoms with E-state index in [1.165, 1.54) is 6.42 Å². The molecule has 1 fully saturated rings. The summed E-state index contributed by atoms with van der Waals surface area (Å²) in [5.41, 5.74) is 5.76. The second kappa shape index (κ2) is 6.20. The van der Waals surface area contributed by atoms with Gasteiger partial charge < -0.3 is 15.8 Å². The summed E-state index contributed by atoms with van der Waals surface area (Å²) >= 11 is 3.32. The van der Waals surface area contributed by atoms with Gasteiger partial charge in [-0.15, -0.1) is 0 Å². The first-order valence-electron chi connectivity index (χ1n) is 6.09. The number of carbonyl (C=O) groups is 1. The van der Waals surface area contributed by atoms with Crippen LogP contribution in [0.2, 0.25) is 0 Å². The number of benzene rings is 1. The van der Waals surface area contributed by atoms with E-state index in [0.29, 0.717) is 23.8 Å². The van der Waals surface area contributed by atoms with Crippen LogP contribution in [0.15, 0.2) is 22.7 Å². The van der Waals surface area contributed by atoms with Crippen molar-refractivity contribution in [2.24, 2.45) is 11.7 Å². The maximum Gasteiger partial charge on any atom is 0.252 e. The summed E-state index contributed by atoms with van der Waals surface area (Å²) < 4.78 is 6.55. The molecule has 4 nitrogen and oxygen atoms in total. The van der Waals surface area contributed by atoms with Gasteiger partial charge in [0.05, 0.1) is 12.2 Å². The first kappa shape index (κ1) is 13.4. The van der Waals surface area contributed by atoms with E-state index in [1.54, 1.807) is 12.1 Å². The van der Waals surface area contributed by atoms with Crippen LogP contribution in [0.5, 0.6) is 5.75 Å². The van der Waals surface area contributed by atoms with Crippen LogP contribution < -0.4 is 15.8 Å². The third kappa shape index (κ3) is 3.46. The quantitative estimate of drug-likeness (QED) is 0.893. The molecule has 0 aromatic heterocycles. The molecule has 1 saturated heterocycles. The van der Waals surface area contributed by atoms with Gasteiger partial charge in [0.1, 0.15) is 5.75 Å². The number of nitrogens with two attached hydrogens (primary N) is 1. The number of amides is 1. The van der Waals surface area contributed by atoms with E-state index in [9.17, 15) is 4.79 Å². The third-order valence-electron chi connectivity index (χ3n) is 3.08. The molecular weight excluding hydrogens is 296 g/mol. The van der Waals surface area contributed by atoms with E-state index >= 15 is 0 Å². The molecule has 1 atom stereocenters. The van der Waals surface area contributed by atoms with Crippen LogP contribution in [0, 0.1) is 5.92 Å². The van der Waals surface area contributed by atoms with Crippen LogP contribution in [0.25, 0.3) is 0 Å². The van der Waals surface area contributed by atoms with E-state index in [2.05, 4.69) is 21.2 Å². The minimum absolute atomic E-state index is 0.424. The largest absolute Gasteiger partial charge is 0.492 e. The Morgan fingerprint density at radius 1 is 1.56 bits per heavy atom. The number of carbonyl (C=O) groups excluding carboxylic acids is 1. The average Bonchev–Trinajstić information content (AvgIpc) is 2.38. The molecule has 1 unspecified atom stereocenters. The van der Waals surface area contributed by atoms with Gasteiger partial charge in [0, 0.05) is 16.9 Å². The second-order valence-corrected chi connectivity index (χ2v) is 5.44. The minimum Gasteiger partial charge on any atom is -0.492 e. The number of primary amides is 1. The average molecular weight is 313 g/mol. The molecule has 0 spiro atoms.